The first-order valence-corrected chi connectivity index (χ1v) is 5.72. The van der Waals surface area contributed by atoms with Gasteiger partial charge in [-0.1, -0.05) is 5.21 Å². The Bertz CT molecular complexity index is 461. The van der Waals surface area contributed by atoms with Gasteiger partial charge in [-0.05, 0) is 6.92 Å². The van der Waals surface area contributed by atoms with Gasteiger partial charge in [-0.15, -0.1) is 29.1 Å². The molecule has 1 aromatic heterocycles. The van der Waals surface area contributed by atoms with Crippen LogP contribution in [0.1, 0.15) is 17.4 Å². The molecule has 0 aliphatic carbocycles. The first kappa shape index (κ1) is 15.7. The molecular formula is C10H17IN6O2. The number of nitrogens with zero attached hydrogens (tertiary/aromatic N) is 4. The van der Waals surface area contributed by atoms with Crippen LogP contribution in [-0.4, -0.2) is 53.2 Å². The lowest BCUT2D eigenvalue weighted by Gasteiger charge is -2.08. The van der Waals surface area contributed by atoms with Crippen molar-refractivity contribution in [3.05, 3.63) is 11.9 Å². The van der Waals surface area contributed by atoms with Crippen LogP contribution in [0.4, 0.5) is 0 Å². The Balaban J connectivity index is 0.00000180. The highest BCUT2D eigenvalue weighted by atomic mass is 127. The van der Waals surface area contributed by atoms with E-state index in [9.17, 15) is 4.79 Å². The van der Waals surface area contributed by atoms with Crippen LogP contribution in [0.2, 0.25) is 0 Å². The predicted octanol–water partition coefficient (Wildman–Crippen LogP) is -0.380. The van der Waals surface area contributed by atoms with Crippen molar-refractivity contribution < 1.29 is 9.53 Å². The number of ether oxygens (including phenoxy) is 1. The Kier molecular flexibility index (Phi) is 5.99. The summed E-state index contributed by atoms with van der Waals surface area (Å²) in [6.45, 7) is 4.11. The fourth-order valence-corrected chi connectivity index (χ4v) is 1.55. The Labute approximate surface area is 128 Å². The lowest BCUT2D eigenvalue weighted by molar-refractivity contribution is 0.0594. The maximum absolute atomic E-state index is 11.2. The fraction of sp³-hybridized carbons (Fsp3) is 0.600. The summed E-state index contributed by atoms with van der Waals surface area (Å²) < 4.78 is 6.13. The van der Waals surface area contributed by atoms with E-state index in [0.29, 0.717) is 19.1 Å². The highest BCUT2D eigenvalue weighted by molar-refractivity contribution is 14.0. The molecule has 2 N–H and O–H groups in total. The second kappa shape index (κ2) is 7.26. The van der Waals surface area contributed by atoms with E-state index in [4.69, 9.17) is 0 Å². The van der Waals surface area contributed by atoms with Gasteiger partial charge in [0.1, 0.15) is 0 Å². The van der Waals surface area contributed by atoms with Gasteiger partial charge >= 0.3 is 5.97 Å². The van der Waals surface area contributed by atoms with E-state index in [2.05, 4.69) is 37.6 Å². The highest BCUT2D eigenvalue weighted by Gasteiger charge is 2.12. The molecule has 9 heteroatoms. The summed E-state index contributed by atoms with van der Waals surface area (Å²) in [6.07, 6.45) is 1.56. The van der Waals surface area contributed by atoms with Crippen LogP contribution in [0.25, 0.3) is 0 Å². The van der Waals surface area contributed by atoms with Crippen LogP contribution in [0.15, 0.2) is 11.2 Å². The van der Waals surface area contributed by atoms with Crippen molar-refractivity contribution in [2.75, 3.05) is 20.2 Å². The maximum atomic E-state index is 11.2. The molecule has 0 fully saturated rings. The van der Waals surface area contributed by atoms with Crippen LogP contribution in [-0.2, 0) is 11.3 Å². The van der Waals surface area contributed by atoms with Gasteiger partial charge in [-0.25, -0.2) is 9.48 Å². The van der Waals surface area contributed by atoms with E-state index >= 15 is 0 Å². The van der Waals surface area contributed by atoms with Crippen molar-refractivity contribution in [3.8, 4) is 0 Å². The minimum Gasteiger partial charge on any atom is -0.464 e. The topological polar surface area (TPSA) is 93.4 Å². The molecule has 1 aromatic rings. The molecule has 1 aliphatic heterocycles. The van der Waals surface area contributed by atoms with E-state index in [1.54, 1.807) is 10.9 Å². The van der Waals surface area contributed by atoms with Crippen molar-refractivity contribution in [3.63, 3.8) is 0 Å². The molecule has 1 atom stereocenters. The van der Waals surface area contributed by atoms with Crippen LogP contribution in [0, 0.1) is 0 Å². The normalized spacial score (nSPS) is 17.2. The number of rotatable bonds is 4. The number of guanidine groups is 1. The second-order valence-corrected chi connectivity index (χ2v) is 4.02. The van der Waals surface area contributed by atoms with Crippen molar-refractivity contribution in [1.82, 2.24) is 25.6 Å². The van der Waals surface area contributed by atoms with Gasteiger partial charge < -0.3 is 15.4 Å². The third-order valence-corrected chi connectivity index (χ3v) is 2.47. The first-order chi connectivity index (χ1) is 8.69. The van der Waals surface area contributed by atoms with E-state index < -0.39 is 5.97 Å². The summed E-state index contributed by atoms with van der Waals surface area (Å²) >= 11 is 0. The lowest BCUT2D eigenvalue weighted by Crippen LogP contribution is -2.38. The first-order valence-electron chi connectivity index (χ1n) is 5.72. The van der Waals surface area contributed by atoms with E-state index in [-0.39, 0.29) is 29.7 Å². The molecule has 2 rings (SSSR count). The molecule has 0 aromatic carbocycles. The molecule has 0 radical (unpaired) electrons. The van der Waals surface area contributed by atoms with E-state index in [1.165, 1.54) is 7.11 Å². The number of halogens is 1. The number of esters is 1. The zero-order chi connectivity index (χ0) is 13.0. The van der Waals surface area contributed by atoms with E-state index in [1.807, 2.05) is 0 Å². The summed E-state index contributed by atoms with van der Waals surface area (Å²) in [6, 6.07) is 0.379. The second-order valence-electron chi connectivity index (χ2n) is 4.02. The average Bonchev–Trinajstić information content (AvgIpc) is 2.98. The highest BCUT2D eigenvalue weighted by Crippen LogP contribution is 1.95. The molecule has 19 heavy (non-hydrogen) atoms. The lowest BCUT2D eigenvalue weighted by atomic mass is 10.4. The number of carbonyl (C=O) groups is 1. The SMILES string of the molecule is COC(=O)c1cn(CCNC2=NCC(C)N2)nn1.I. The zero-order valence-corrected chi connectivity index (χ0v) is 13.1. The maximum Gasteiger partial charge on any atom is 0.360 e. The summed E-state index contributed by atoms with van der Waals surface area (Å²) in [7, 11) is 1.31. The quantitative estimate of drug-likeness (QED) is 0.547. The molecule has 0 bridgehead atoms. The molecule has 0 saturated heterocycles. The molecule has 2 heterocycles. The largest absolute Gasteiger partial charge is 0.464 e. The summed E-state index contributed by atoms with van der Waals surface area (Å²) in [5, 5.41) is 13.9. The van der Waals surface area contributed by atoms with Crippen LogP contribution in [0.3, 0.4) is 0 Å². The standard InChI is InChI=1S/C10H16N6O2.HI/c1-7-5-12-10(13-7)11-3-4-16-6-8(14-15-16)9(17)18-2;/h6-7H,3-5H2,1-2H3,(H2,11,12,13);1H. The molecule has 0 saturated carbocycles. The Morgan fingerprint density at radius 1 is 1.68 bits per heavy atom. The average molecular weight is 380 g/mol. The number of nitrogens with one attached hydrogen (secondary N) is 2. The van der Waals surface area contributed by atoms with Crippen molar-refractivity contribution in [2.45, 2.75) is 19.5 Å². The van der Waals surface area contributed by atoms with Gasteiger partial charge in [-0.3, -0.25) is 4.99 Å². The van der Waals surface area contributed by atoms with Crippen molar-refractivity contribution in [2.24, 2.45) is 4.99 Å². The monoisotopic (exact) mass is 380 g/mol. The molecule has 1 unspecified atom stereocenters. The third kappa shape index (κ3) is 4.33. The molecule has 106 valence electrons. The van der Waals surface area contributed by atoms with Gasteiger partial charge in [0.2, 0.25) is 0 Å². The van der Waals surface area contributed by atoms with E-state index in [0.717, 1.165) is 12.5 Å². The number of hydrogen-bond donors (Lipinski definition) is 2. The minimum atomic E-state index is -0.482. The molecule has 8 nitrogen and oxygen atoms in total. The molecule has 1 aliphatic rings. The van der Waals surface area contributed by atoms with Crippen molar-refractivity contribution >= 4 is 35.9 Å². The number of hydrogen-bond acceptors (Lipinski definition) is 7. The Morgan fingerprint density at radius 3 is 3.11 bits per heavy atom. The molecule has 0 amide bonds. The van der Waals surface area contributed by atoms with Crippen LogP contribution >= 0.6 is 24.0 Å². The number of aliphatic imine (C=N–C) groups is 1. The third-order valence-electron chi connectivity index (χ3n) is 2.47. The number of aromatic nitrogens is 3. The van der Waals surface area contributed by atoms with Gasteiger partial charge in [0, 0.05) is 12.6 Å². The summed E-state index contributed by atoms with van der Waals surface area (Å²) in [5.74, 6) is 0.320. The van der Waals surface area contributed by atoms with Gasteiger partial charge in [0.15, 0.2) is 11.7 Å². The summed E-state index contributed by atoms with van der Waals surface area (Å²) in [5.41, 5.74) is 0.211. The number of carbonyl (C=O) groups excluding carboxylic acids is 1. The minimum absolute atomic E-state index is 0. The van der Waals surface area contributed by atoms with Gasteiger partial charge in [0.05, 0.1) is 26.4 Å². The van der Waals surface area contributed by atoms with Crippen LogP contribution < -0.4 is 10.6 Å². The molecular weight excluding hydrogens is 363 g/mol. The van der Waals surface area contributed by atoms with Gasteiger partial charge in [0.25, 0.3) is 0 Å². The van der Waals surface area contributed by atoms with Gasteiger partial charge in [-0.2, -0.15) is 0 Å². The Hall–Kier alpha value is -1.39. The predicted molar refractivity (Wildman–Crippen MR) is 79.7 cm³/mol. The zero-order valence-electron chi connectivity index (χ0n) is 10.8. The smallest absolute Gasteiger partial charge is 0.360 e. The summed E-state index contributed by atoms with van der Waals surface area (Å²) in [4.78, 5) is 15.4. The van der Waals surface area contributed by atoms with Crippen LogP contribution in [0.5, 0.6) is 0 Å². The van der Waals surface area contributed by atoms with Crippen molar-refractivity contribution in [1.29, 1.82) is 0 Å². The number of methoxy groups -OCH3 is 1. The Morgan fingerprint density at radius 2 is 2.47 bits per heavy atom. The fourth-order valence-electron chi connectivity index (χ4n) is 1.55. The molecule has 0 spiro atoms.